The standard InChI is InChI=1S/C26H32N4O5/c1-3-35-25(33)20-10-8-14-29(17-20)24(32)18-30(22-12-5-4-6-13-22)23(31)16-27-26(34)28-21-11-7-9-19(2)15-21/h4-7,9,11-13,15,20H,3,8,10,14,16-18H2,1-2H3,(H2,27,28,34). The molecule has 1 atom stereocenters. The summed E-state index contributed by atoms with van der Waals surface area (Å²) in [6.07, 6.45) is 1.36. The number of anilines is 2. The zero-order valence-electron chi connectivity index (χ0n) is 20.2. The topological polar surface area (TPSA) is 108 Å². The van der Waals surface area contributed by atoms with Crippen LogP contribution >= 0.6 is 0 Å². The van der Waals surface area contributed by atoms with E-state index in [1.165, 1.54) is 4.90 Å². The Morgan fingerprint density at radius 3 is 2.57 bits per heavy atom. The Bertz CT molecular complexity index is 1040. The molecule has 1 heterocycles. The number of para-hydroxylation sites is 1. The number of likely N-dealkylation sites (tertiary alicyclic amines) is 1. The quantitative estimate of drug-likeness (QED) is 0.565. The monoisotopic (exact) mass is 480 g/mol. The van der Waals surface area contributed by atoms with Crippen molar-refractivity contribution in [1.29, 1.82) is 0 Å². The fourth-order valence-corrected chi connectivity index (χ4v) is 3.97. The Morgan fingerprint density at radius 1 is 1.09 bits per heavy atom. The summed E-state index contributed by atoms with van der Waals surface area (Å²) in [6, 6.07) is 15.6. The highest BCUT2D eigenvalue weighted by molar-refractivity contribution is 6.02. The zero-order valence-corrected chi connectivity index (χ0v) is 20.2. The van der Waals surface area contributed by atoms with Crippen molar-refractivity contribution in [1.82, 2.24) is 10.2 Å². The highest BCUT2D eigenvalue weighted by atomic mass is 16.5. The maximum atomic E-state index is 13.1. The van der Waals surface area contributed by atoms with Gasteiger partial charge in [-0.25, -0.2) is 4.79 Å². The average Bonchev–Trinajstić information content (AvgIpc) is 2.86. The number of hydrogen-bond acceptors (Lipinski definition) is 5. The first-order chi connectivity index (χ1) is 16.9. The van der Waals surface area contributed by atoms with Crippen molar-refractivity contribution < 1.29 is 23.9 Å². The van der Waals surface area contributed by atoms with Gasteiger partial charge < -0.3 is 25.2 Å². The number of rotatable bonds is 8. The van der Waals surface area contributed by atoms with Gasteiger partial charge in [-0.2, -0.15) is 0 Å². The van der Waals surface area contributed by atoms with Crippen LogP contribution in [0.15, 0.2) is 54.6 Å². The fourth-order valence-electron chi connectivity index (χ4n) is 3.97. The molecule has 2 N–H and O–H groups in total. The first-order valence-electron chi connectivity index (χ1n) is 11.8. The molecule has 1 fully saturated rings. The van der Waals surface area contributed by atoms with Crippen molar-refractivity contribution in [3.63, 3.8) is 0 Å². The molecular weight excluding hydrogens is 448 g/mol. The van der Waals surface area contributed by atoms with Gasteiger partial charge in [0.15, 0.2) is 0 Å². The first kappa shape index (κ1) is 25.7. The lowest BCUT2D eigenvalue weighted by molar-refractivity contribution is -0.151. The third-order valence-corrected chi connectivity index (χ3v) is 5.73. The van der Waals surface area contributed by atoms with Gasteiger partial charge in [0, 0.05) is 24.5 Å². The van der Waals surface area contributed by atoms with E-state index < -0.39 is 11.9 Å². The van der Waals surface area contributed by atoms with Crippen molar-refractivity contribution in [2.45, 2.75) is 26.7 Å². The number of carbonyl (C=O) groups excluding carboxylic acids is 4. The van der Waals surface area contributed by atoms with E-state index in [0.717, 1.165) is 5.56 Å². The van der Waals surface area contributed by atoms with Crippen molar-refractivity contribution in [2.24, 2.45) is 5.92 Å². The lowest BCUT2D eigenvalue weighted by Gasteiger charge is -2.33. The summed E-state index contributed by atoms with van der Waals surface area (Å²) in [7, 11) is 0. The van der Waals surface area contributed by atoms with Crippen LogP contribution in [0.25, 0.3) is 0 Å². The Balaban J connectivity index is 1.63. The molecule has 0 bridgehead atoms. The van der Waals surface area contributed by atoms with E-state index in [1.807, 2.05) is 31.2 Å². The minimum Gasteiger partial charge on any atom is -0.466 e. The molecule has 2 aromatic carbocycles. The van der Waals surface area contributed by atoms with Crippen LogP contribution in [0.4, 0.5) is 16.2 Å². The molecule has 0 aromatic heterocycles. The Kier molecular flexibility index (Phi) is 9.23. The molecule has 2 aromatic rings. The molecule has 1 aliphatic heterocycles. The number of ether oxygens (including phenoxy) is 1. The number of nitrogens with one attached hydrogen (secondary N) is 2. The summed E-state index contributed by atoms with van der Waals surface area (Å²) in [5, 5.41) is 5.26. The first-order valence-corrected chi connectivity index (χ1v) is 11.8. The minimum absolute atomic E-state index is 0.195. The van der Waals surface area contributed by atoms with Crippen LogP contribution in [0, 0.1) is 12.8 Å². The van der Waals surface area contributed by atoms with Crippen LogP contribution < -0.4 is 15.5 Å². The van der Waals surface area contributed by atoms with Gasteiger partial charge in [0.05, 0.1) is 19.1 Å². The molecule has 3 rings (SSSR count). The highest BCUT2D eigenvalue weighted by Crippen LogP contribution is 2.20. The molecule has 0 saturated carbocycles. The lowest BCUT2D eigenvalue weighted by Crippen LogP contribution is -2.50. The molecule has 1 unspecified atom stereocenters. The smallest absolute Gasteiger partial charge is 0.319 e. The molecule has 1 aliphatic rings. The predicted molar refractivity (Wildman–Crippen MR) is 133 cm³/mol. The van der Waals surface area contributed by atoms with Gasteiger partial charge >= 0.3 is 12.0 Å². The molecule has 0 spiro atoms. The Morgan fingerprint density at radius 2 is 1.86 bits per heavy atom. The van der Waals surface area contributed by atoms with Crippen LogP contribution in [0.1, 0.15) is 25.3 Å². The summed E-state index contributed by atoms with van der Waals surface area (Å²) >= 11 is 0. The number of hydrogen-bond donors (Lipinski definition) is 2. The van der Waals surface area contributed by atoms with Gasteiger partial charge in [-0.05, 0) is 56.5 Å². The largest absolute Gasteiger partial charge is 0.466 e. The number of aryl methyl sites for hydroxylation is 1. The highest BCUT2D eigenvalue weighted by Gasteiger charge is 2.31. The number of nitrogens with zero attached hydrogens (tertiary/aromatic N) is 2. The number of urea groups is 1. The van der Waals surface area contributed by atoms with Gasteiger partial charge in [-0.3, -0.25) is 14.4 Å². The van der Waals surface area contributed by atoms with E-state index in [9.17, 15) is 19.2 Å². The molecule has 9 nitrogen and oxygen atoms in total. The van der Waals surface area contributed by atoms with Crippen LogP contribution in [0.3, 0.4) is 0 Å². The van der Waals surface area contributed by atoms with E-state index in [4.69, 9.17) is 4.74 Å². The van der Waals surface area contributed by atoms with Crippen molar-refractivity contribution in [3.05, 3.63) is 60.2 Å². The number of carbonyl (C=O) groups is 4. The Labute approximate surface area is 205 Å². The van der Waals surface area contributed by atoms with Gasteiger partial charge in [-0.15, -0.1) is 0 Å². The summed E-state index contributed by atoms with van der Waals surface area (Å²) < 4.78 is 5.11. The van der Waals surface area contributed by atoms with Gasteiger partial charge in [-0.1, -0.05) is 30.3 Å². The predicted octanol–water partition coefficient (Wildman–Crippen LogP) is 2.95. The normalized spacial score (nSPS) is 15.1. The summed E-state index contributed by atoms with van der Waals surface area (Å²) in [4.78, 5) is 53.6. The molecule has 1 saturated heterocycles. The van der Waals surface area contributed by atoms with Crippen LogP contribution in [0.2, 0.25) is 0 Å². The Hall–Kier alpha value is -3.88. The van der Waals surface area contributed by atoms with Crippen LogP contribution in [0.5, 0.6) is 0 Å². The second-order valence-electron chi connectivity index (χ2n) is 8.42. The number of benzene rings is 2. The molecule has 4 amide bonds. The number of amides is 4. The van der Waals surface area contributed by atoms with E-state index >= 15 is 0 Å². The second kappa shape index (κ2) is 12.5. The molecular formula is C26H32N4O5. The number of esters is 1. The average molecular weight is 481 g/mol. The zero-order chi connectivity index (χ0) is 25.2. The fraction of sp³-hybridized carbons (Fsp3) is 0.385. The molecule has 9 heteroatoms. The maximum Gasteiger partial charge on any atom is 0.319 e. The molecule has 35 heavy (non-hydrogen) atoms. The molecule has 0 aliphatic carbocycles. The van der Waals surface area contributed by atoms with Gasteiger partial charge in [0.25, 0.3) is 0 Å². The third kappa shape index (κ3) is 7.56. The third-order valence-electron chi connectivity index (χ3n) is 5.73. The summed E-state index contributed by atoms with van der Waals surface area (Å²) in [6.45, 7) is 4.27. The lowest BCUT2D eigenvalue weighted by atomic mass is 9.98. The van der Waals surface area contributed by atoms with E-state index in [1.54, 1.807) is 42.2 Å². The summed E-state index contributed by atoms with van der Waals surface area (Å²) in [5.41, 5.74) is 2.16. The SMILES string of the molecule is CCOC(=O)C1CCCN(C(=O)CN(C(=O)CNC(=O)Nc2cccc(C)c2)c2ccccc2)C1. The van der Waals surface area contributed by atoms with Crippen LogP contribution in [-0.2, 0) is 19.1 Å². The van der Waals surface area contributed by atoms with E-state index in [0.29, 0.717) is 37.4 Å². The summed E-state index contributed by atoms with van der Waals surface area (Å²) in [5.74, 6) is -1.35. The minimum atomic E-state index is -0.517. The van der Waals surface area contributed by atoms with Crippen molar-refractivity contribution >= 4 is 35.2 Å². The molecule has 186 valence electrons. The van der Waals surface area contributed by atoms with Gasteiger partial charge in [0.1, 0.15) is 6.54 Å². The van der Waals surface area contributed by atoms with E-state index in [2.05, 4.69) is 10.6 Å². The van der Waals surface area contributed by atoms with Crippen molar-refractivity contribution in [3.8, 4) is 0 Å². The second-order valence-corrected chi connectivity index (χ2v) is 8.42. The van der Waals surface area contributed by atoms with Gasteiger partial charge in [0.2, 0.25) is 11.8 Å². The molecule has 0 radical (unpaired) electrons. The van der Waals surface area contributed by atoms with E-state index in [-0.39, 0.29) is 37.4 Å². The van der Waals surface area contributed by atoms with Crippen LogP contribution in [-0.4, -0.2) is 61.5 Å². The van der Waals surface area contributed by atoms with Crippen molar-refractivity contribution in [2.75, 3.05) is 43.0 Å². The maximum absolute atomic E-state index is 13.1. The number of piperidine rings is 1.